The van der Waals surface area contributed by atoms with Gasteiger partial charge in [0, 0.05) is 12.7 Å². The van der Waals surface area contributed by atoms with Gasteiger partial charge in [0.25, 0.3) is 5.91 Å². The molecule has 2 aromatic carbocycles. The number of thiazole rings is 1. The van der Waals surface area contributed by atoms with Crippen LogP contribution in [0, 0.1) is 0 Å². The average molecular weight is 488 g/mol. The van der Waals surface area contributed by atoms with Gasteiger partial charge in [-0.25, -0.2) is 9.67 Å². The number of benzene rings is 2. The summed E-state index contributed by atoms with van der Waals surface area (Å²) in [6.07, 6.45) is -1.71. The summed E-state index contributed by atoms with van der Waals surface area (Å²) in [4.78, 5) is 30.9. The SMILES string of the molecule is CCOC(=O)CN(Cc1cccc(C(F)(F)F)c1)C(=O)c1cnn(-c2nc3ccccc3s2)c1. The van der Waals surface area contributed by atoms with Crippen molar-refractivity contribution in [2.45, 2.75) is 19.6 Å². The summed E-state index contributed by atoms with van der Waals surface area (Å²) >= 11 is 1.39. The first kappa shape index (κ1) is 23.4. The van der Waals surface area contributed by atoms with E-state index in [1.54, 1.807) is 6.92 Å². The van der Waals surface area contributed by atoms with Crippen LogP contribution in [0.15, 0.2) is 60.9 Å². The Morgan fingerprint density at radius 1 is 1.15 bits per heavy atom. The number of carbonyl (C=O) groups is 2. The smallest absolute Gasteiger partial charge is 0.416 e. The van der Waals surface area contributed by atoms with Crippen molar-refractivity contribution < 1.29 is 27.5 Å². The van der Waals surface area contributed by atoms with E-state index >= 15 is 0 Å². The summed E-state index contributed by atoms with van der Waals surface area (Å²) in [5.74, 6) is -1.24. The molecule has 0 fully saturated rings. The maximum absolute atomic E-state index is 13.2. The van der Waals surface area contributed by atoms with Crippen LogP contribution in [0.25, 0.3) is 15.3 Å². The van der Waals surface area contributed by atoms with E-state index in [1.165, 1.54) is 40.5 Å². The van der Waals surface area contributed by atoms with Crippen LogP contribution in [0.1, 0.15) is 28.4 Å². The fourth-order valence-corrected chi connectivity index (χ4v) is 4.21. The van der Waals surface area contributed by atoms with Gasteiger partial charge in [0.05, 0.1) is 34.1 Å². The van der Waals surface area contributed by atoms with Crippen molar-refractivity contribution in [2.75, 3.05) is 13.2 Å². The van der Waals surface area contributed by atoms with Crippen LogP contribution in [0.3, 0.4) is 0 Å². The Hall–Kier alpha value is -3.73. The zero-order valence-electron chi connectivity index (χ0n) is 18.0. The van der Waals surface area contributed by atoms with Crippen molar-refractivity contribution in [2.24, 2.45) is 0 Å². The van der Waals surface area contributed by atoms with Crippen LogP contribution in [0.5, 0.6) is 0 Å². The highest BCUT2D eigenvalue weighted by Crippen LogP contribution is 2.30. The second kappa shape index (κ2) is 9.64. The molecule has 0 N–H and O–H groups in total. The van der Waals surface area contributed by atoms with E-state index in [-0.39, 0.29) is 24.3 Å². The Morgan fingerprint density at radius 2 is 1.94 bits per heavy atom. The lowest BCUT2D eigenvalue weighted by molar-refractivity contribution is -0.144. The summed E-state index contributed by atoms with van der Waals surface area (Å²) in [5.41, 5.74) is 0.345. The molecular weight excluding hydrogens is 469 g/mol. The number of fused-ring (bicyclic) bond motifs is 1. The van der Waals surface area contributed by atoms with E-state index in [4.69, 9.17) is 4.74 Å². The summed E-state index contributed by atoms with van der Waals surface area (Å²) < 4.78 is 46.7. The number of hydrogen-bond acceptors (Lipinski definition) is 6. The molecule has 0 bridgehead atoms. The summed E-state index contributed by atoms with van der Waals surface area (Å²) in [6.45, 7) is 1.10. The number of hydrogen-bond donors (Lipinski definition) is 0. The van der Waals surface area contributed by atoms with Gasteiger partial charge in [-0.05, 0) is 36.8 Å². The fraction of sp³-hybridized carbons (Fsp3) is 0.217. The first-order valence-corrected chi connectivity index (χ1v) is 11.1. The quantitative estimate of drug-likeness (QED) is 0.352. The van der Waals surface area contributed by atoms with Crippen molar-refractivity contribution in [1.82, 2.24) is 19.7 Å². The molecule has 34 heavy (non-hydrogen) atoms. The minimum Gasteiger partial charge on any atom is -0.465 e. The highest BCUT2D eigenvalue weighted by molar-refractivity contribution is 7.20. The maximum atomic E-state index is 13.2. The van der Waals surface area contributed by atoms with Gasteiger partial charge in [-0.3, -0.25) is 9.59 Å². The molecule has 0 aliphatic carbocycles. The molecule has 0 aliphatic rings. The number of rotatable bonds is 7. The molecule has 11 heteroatoms. The number of carbonyl (C=O) groups excluding carboxylic acids is 2. The number of amides is 1. The van der Waals surface area contributed by atoms with E-state index in [2.05, 4.69) is 10.1 Å². The number of para-hydroxylation sites is 1. The van der Waals surface area contributed by atoms with Gasteiger partial charge in [0.2, 0.25) is 5.13 Å². The Kier molecular flexibility index (Phi) is 6.64. The van der Waals surface area contributed by atoms with E-state index in [9.17, 15) is 22.8 Å². The molecule has 4 aromatic rings. The third kappa shape index (κ3) is 5.25. The topological polar surface area (TPSA) is 77.3 Å². The predicted octanol–water partition coefficient (Wildman–Crippen LogP) is 4.71. The van der Waals surface area contributed by atoms with E-state index in [0.29, 0.717) is 5.13 Å². The zero-order chi connectivity index (χ0) is 24.3. The number of alkyl halides is 3. The third-order valence-electron chi connectivity index (χ3n) is 4.85. The Labute approximate surface area is 196 Å². The fourth-order valence-electron chi connectivity index (χ4n) is 3.31. The largest absolute Gasteiger partial charge is 0.465 e. The molecule has 0 saturated carbocycles. The van der Waals surface area contributed by atoms with Gasteiger partial charge >= 0.3 is 12.1 Å². The molecule has 0 saturated heterocycles. The molecule has 0 unspecified atom stereocenters. The first-order chi connectivity index (χ1) is 16.2. The van der Waals surface area contributed by atoms with Crippen molar-refractivity contribution in [3.63, 3.8) is 0 Å². The van der Waals surface area contributed by atoms with E-state index in [1.807, 2.05) is 24.3 Å². The van der Waals surface area contributed by atoms with Gasteiger partial charge in [0.15, 0.2) is 0 Å². The van der Waals surface area contributed by atoms with Crippen LogP contribution in [-0.2, 0) is 22.3 Å². The minimum absolute atomic E-state index is 0.111. The molecule has 2 heterocycles. The molecule has 4 rings (SSSR count). The molecule has 0 atom stereocenters. The molecule has 7 nitrogen and oxygen atoms in total. The lowest BCUT2D eigenvalue weighted by atomic mass is 10.1. The van der Waals surface area contributed by atoms with Crippen molar-refractivity contribution in [1.29, 1.82) is 0 Å². The van der Waals surface area contributed by atoms with Crippen LogP contribution >= 0.6 is 11.3 Å². The molecule has 0 aliphatic heterocycles. The van der Waals surface area contributed by atoms with Gasteiger partial charge in [-0.1, -0.05) is 35.6 Å². The van der Waals surface area contributed by atoms with Crippen LogP contribution in [-0.4, -0.2) is 44.7 Å². The van der Waals surface area contributed by atoms with Crippen LogP contribution in [0.2, 0.25) is 0 Å². The number of halogens is 3. The molecule has 0 radical (unpaired) electrons. The standard InChI is InChI=1S/C23H19F3N4O3S/c1-2-33-20(31)14-29(12-15-6-5-7-17(10-15)23(24,25)26)21(32)16-11-27-30(13-16)22-28-18-8-3-4-9-19(18)34-22/h3-11,13H,2,12,14H2,1H3. The third-order valence-corrected chi connectivity index (χ3v) is 5.87. The Bertz CT molecular complexity index is 1300. The molecule has 0 spiro atoms. The highest BCUT2D eigenvalue weighted by Gasteiger charge is 2.31. The highest BCUT2D eigenvalue weighted by atomic mass is 32.1. The second-order valence-electron chi connectivity index (χ2n) is 7.30. The zero-order valence-corrected chi connectivity index (χ0v) is 18.8. The number of ether oxygens (including phenoxy) is 1. The lowest BCUT2D eigenvalue weighted by Gasteiger charge is -2.21. The van der Waals surface area contributed by atoms with Gasteiger partial charge in [-0.2, -0.15) is 18.3 Å². The number of nitrogens with zero attached hydrogens (tertiary/aromatic N) is 4. The Morgan fingerprint density at radius 3 is 2.68 bits per heavy atom. The summed E-state index contributed by atoms with van der Waals surface area (Å²) in [6, 6.07) is 12.2. The molecular formula is C23H19F3N4O3S. The van der Waals surface area contributed by atoms with Crippen LogP contribution < -0.4 is 0 Å². The molecule has 176 valence electrons. The monoisotopic (exact) mass is 488 g/mol. The first-order valence-electron chi connectivity index (χ1n) is 10.3. The molecule has 2 aromatic heterocycles. The van der Waals surface area contributed by atoms with Gasteiger partial charge in [0.1, 0.15) is 6.54 Å². The summed E-state index contributed by atoms with van der Waals surface area (Å²) in [5, 5.41) is 4.76. The van der Waals surface area contributed by atoms with Crippen LogP contribution in [0.4, 0.5) is 13.2 Å². The average Bonchev–Trinajstić information content (AvgIpc) is 3.45. The van der Waals surface area contributed by atoms with Gasteiger partial charge in [-0.15, -0.1) is 0 Å². The maximum Gasteiger partial charge on any atom is 0.416 e. The number of esters is 1. The Balaban J connectivity index is 1.60. The normalized spacial score (nSPS) is 11.5. The number of aromatic nitrogens is 3. The van der Waals surface area contributed by atoms with Crippen molar-refractivity contribution >= 4 is 33.4 Å². The van der Waals surface area contributed by atoms with E-state index in [0.717, 1.165) is 27.2 Å². The lowest BCUT2D eigenvalue weighted by Crippen LogP contribution is -2.36. The van der Waals surface area contributed by atoms with E-state index < -0.39 is 30.2 Å². The van der Waals surface area contributed by atoms with Crippen molar-refractivity contribution in [3.8, 4) is 5.13 Å². The second-order valence-corrected chi connectivity index (χ2v) is 8.31. The predicted molar refractivity (Wildman–Crippen MR) is 120 cm³/mol. The van der Waals surface area contributed by atoms with Gasteiger partial charge < -0.3 is 9.64 Å². The minimum atomic E-state index is -4.52. The summed E-state index contributed by atoms with van der Waals surface area (Å²) in [7, 11) is 0. The molecule has 1 amide bonds. The van der Waals surface area contributed by atoms with Crippen molar-refractivity contribution in [3.05, 3.63) is 77.6 Å².